The molecule has 0 aromatic heterocycles. The second-order valence-electron chi connectivity index (χ2n) is 8.91. The molecular formula is C26H31NO2. The molecule has 152 valence electrons. The highest BCUT2D eigenvalue weighted by molar-refractivity contribution is 5.46. The van der Waals surface area contributed by atoms with Gasteiger partial charge < -0.3 is 9.84 Å². The normalized spacial score (nSPS) is 25.9. The Morgan fingerprint density at radius 3 is 2.55 bits per heavy atom. The van der Waals surface area contributed by atoms with E-state index in [-0.39, 0.29) is 11.9 Å². The lowest BCUT2D eigenvalue weighted by Gasteiger charge is -2.32. The van der Waals surface area contributed by atoms with E-state index in [2.05, 4.69) is 37.3 Å². The SMILES string of the molecule is CCCC1CCC(CC2Cc3ccccc3C2Oc2ccc(C#N)cc2O)CC1. The molecule has 3 heteroatoms. The largest absolute Gasteiger partial charge is 0.504 e. The Morgan fingerprint density at radius 1 is 1.07 bits per heavy atom. The molecule has 2 atom stereocenters. The second-order valence-corrected chi connectivity index (χ2v) is 8.91. The number of phenolic OH excluding ortho intramolecular Hbond substituents is 1. The van der Waals surface area contributed by atoms with Crippen molar-refractivity contribution in [2.24, 2.45) is 17.8 Å². The van der Waals surface area contributed by atoms with E-state index in [4.69, 9.17) is 10.00 Å². The van der Waals surface area contributed by atoms with Crippen molar-refractivity contribution in [2.45, 2.75) is 64.4 Å². The van der Waals surface area contributed by atoms with E-state index in [1.807, 2.05) is 0 Å². The highest BCUT2D eigenvalue weighted by atomic mass is 16.5. The Labute approximate surface area is 174 Å². The first-order valence-corrected chi connectivity index (χ1v) is 11.2. The van der Waals surface area contributed by atoms with E-state index in [9.17, 15) is 5.11 Å². The molecule has 0 heterocycles. The molecule has 0 spiro atoms. The minimum absolute atomic E-state index is 0.0293. The molecule has 1 saturated carbocycles. The van der Waals surface area contributed by atoms with E-state index in [0.29, 0.717) is 17.2 Å². The number of aromatic hydroxyl groups is 1. The molecule has 2 unspecified atom stereocenters. The molecule has 0 radical (unpaired) electrons. The predicted octanol–water partition coefficient (Wildman–Crippen LogP) is 6.55. The third-order valence-electron chi connectivity index (χ3n) is 6.91. The van der Waals surface area contributed by atoms with E-state index in [1.165, 1.54) is 62.1 Å². The van der Waals surface area contributed by atoms with Crippen molar-refractivity contribution in [1.29, 1.82) is 5.26 Å². The fourth-order valence-corrected chi connectivity index (χ4v) is 5.42. The van der Waals surface area contributed by atoms with Crippen LogP contribution in [0.3, 0.4) is 0 Å². The fourth-order valence-electron chi connectivity index (χ4n) is 5.42. The molecule has 1 fully saturated rings. The molecule has 0 aliphatic heterocycles. The number of phenols is 1. The van der Waals surface area contributed by atoms with Crippen LogP contribution in [0.4, 0.5) is 0 Å². The third-order valence-corrected chi connectivity index (χ3v) is 6.91. The maximum atomic E-state index is 10.3. The van der Waals surface area contributed by atoms with Gasteiger partial charge in [-0.1, -0.05) is 69.7 Å². The first kappa shape index (κ1) is 19.8. The summed E-state index contributed by atoms with van der Waals surface area (Å²) in [5.74, 6) is 2.67. The van der Waals surface area contributed by atoms with Crippen molar-refractivity contribution in [3.05, 3.63) is 59.2 Å². The number of nitrogens with zero attached hydrogens (tertiary/aromatic N) is 1. The number of ether oxygens (including phenoxy) is 1. The fraction of sp³-hybridized carbons (Fsp3) is 0.500. The average molecular weight is 390 g/mol. The van der Waals surface area contributed by atoms with Crippen LogP contribution in [0.1, 0.15) is 74.7 Å². The number of benzene rings is 2. The summed E-state index contributed by atoms with van der Waals surface area (Å²) in [5, 5.41) is 19.4. The summed E-state index contributed by atoms with van der Waals surface area (Å²) < 4.78 is 6.39. The van der Waals surface area contributed by atoms with Crippen LogP contribution in [0.2, 0.25) is 0 Å². The smallest absolute Gasteiger partial charge is 0.161 e. The molecule has 2 aliphatic carbocycles. The highest BCUT2D eigenvalue weighted by Crippen LogP contribution is 2.46. The third kappa shape index (κ3) is 4.42. The van der Waals surface area contributed by atoms with Crippen LogP contribution < -0.4 is 4.74 Å². The molecule has 3 nitrogen and oxygen atoms in total. The van der Waals surface area contributed by atoms with Crippen LogP contribution in [-0.2, 0) is 6.42 Å². The Balaban J connectivity index is 1.49. The molecule has 2 aliphatic rings. The summed E-state index contributed by atoms with van der Waals surface area (Å²) in [5.41, 5.74) is 3.07. The maximum absolute atomic E-state index is 10.3. The van der Waals surface area contributed by atoms with E-state index in [1.54, 1.807) is 12.1 Å². The van der Waals surface area contributed by atoms with Crippen molar-refractivity contribution in [2.75, 3.05) is 0 Å². The van der Waals surface area contributed by atoms with Gasteiger partial charge >= 0.3 is 0 Å². The highest BCUT2D eigenvalue weighted by Gasteiger charge is 2.36. The molecule has 4 rings (SSSR count). The van der Waals surface area contributed by atoms with E-state index in [0.717, 1.165) is 18.3 Å². The van der Waals surface area contributed by atoms with Crippen molar-refractivity contribution < 1.29 is 9.84 Å². The van der Waals surface area contributed by atoms with Gasteiger partial charge in [0.1, 0.15) is 6.10 Å². The summed E-state index contributed by atoms with van der Waals surface area (Å²) in [7, 11) is 0. The van der Waals surface area contributed by atoms with Gasteiger partial charge in [0.15, 0.2) is 11.5 Å². The predicted molar refractivity (Wildman–Crippen MR) is 115 cm³/mol. The van der Waals surface area contributed by atoms with Gasteiger partial charge in [-0.2, -0.15) is 5.26 Å². The van der Waals surface area contributed by atoms with Crippen molar-refractivity contribution in [3.63, 3.8) is 0 Å². The lowest BCUT2D eigenvalue weighted by molar-refractivity contribution is 0.115. The Bertz CT molecular complexity index is 877. The zero-order chi connectivity index (χ0) is 20.2. The van der Waals surface area contributed by atoms with E-state index < -0.39 is 0 Å². The van der Waals surface area contributed by atoms with Gasteiger partial charge in [0, 0.05) is 12.0 Å². The van der Waals surface area contributed by atoms with E-state index >= 15 is 0 Å². The van der Waals surface area contributed by atoms with Gasteiger partial charge in [-0.3, -0.25) is 0 Å². The first-order chi connectivity index (χ1) is 14.2. The Kier molecular flexibility index (Phi) is 6.09. The summed E-state index contributed by atoms with van der Waals surface area (Å²) in [6.45, 7) is 2.29. The number of rotatable bonds is 6. The topological polar surface area (TPSA) is 53.2 Å². The van der Waals surface area contributed by atoms with Gasteiger partial charge in [0.05, 0.1) is 11.6 Å². The maximum Gasteiger partial charge on any atom is 0.161 e. The second kappa shape index (κ2) is 8.91. The molecule has 0 amide bonds. The first-order valence-electron chi connectivity index (χ1n) is 11.2. The van der Waals surface area contributed by atoms with Crippen LogP contribution >= 0.6 is 0 Å². The van der Waals surface area contributed by atoms with Crippen molar-refractivity contribution in [1.82, 2.24) is 0 Å². The minimum atomic E-state index is -0.0293. The minimum Gasteiger partial charge on any atom is -0.504 e. The molecule has 2 aromatic carbocycles. The lowest BCUT2D eigenvalue weighted by atomic mass is 9.76. The molecule has 0 bridgehead atoms. The lowest BCUT2D eigenvalue weighted by Crippen LogP contribution is -2.21. The summed E-state index contributed by atoms with van der Waals surface area (Å²) in [4.78, 5) is 0. The van der Waals surface area contributed by atoms with Gasteiger partial charge in [-0.05, 0) is 47.9 Å². The number of hydrogen-bond acceptors (Lipinski definition) is 3. The van der Waals surface area contributed by atoms with Gasteiger partial charge in [-0.25, -0.2) is 0 Å². The van der Waals surface area contributed by atoms with Crippen LogP contribution in [0.5, 0.6) is 11.5 Å². The van der Waals surface area contributed by atoms with Crippen LogP contribution in [0.25, 0.3) is 0 Å². The average Bonchev–Trinajstić information content (AvgIpc) is 3.08. The standard InChI is InChI=1S/C26H31NO2/c1-2-5-18-8-10-19(11-9-18)14-22-16-21-6-3-4-7-23(21)26(22)29-25-13-12-20(17-27)15-24(25)28/h3-4,6-7,12-13,15,18-19,22,26,28H,2,5,8-11,14,16H2,1H3. The van der Waals surface area contributed by atoms with Crippen LogP contribution in [0.15, 0.2) is 42.5 Å². The number of fused-ring (bicyclic) bond motifs is 1. The number of hydrogen-bond donors (Lipinski definition) is 1. The summed E-state index contributed by atoms with van der Waals surface area (Å²) in [6.07, 6.45) is 10.3. The van der Waals surface area contributed by atoms with Crippen molar-refractivity contribution >= 4 is 0 Å². The van der Waals surface area contributed by atoms with Crippen LogP contribution in [0, 0.1) is 29.1 Å². The molecular weight excluding hydrogens is 358 g/mol. The molecule has 29 heavy (non-hydrogen) atoms. The van der Waals surface area contributed by atoms with Crippen LogP contribution in [-0.4, -0.2) is 5.11 Å². The zero-order valence-electron chi connectivity index (χ0n) is 17.3. The summed E-state index contributed by atoms with van der Waals surface area (Å²) >= 11 is 0. The quantitative estimate of drug-likeness (QED) is 0.609. The summed E-state index contributed by atoms with van der Waals surface area (Å²) in [6, 6.07) is 15.5. The zero-order valence-corrected chi connectivity index (χ0v) is 17.3. The monoisotopic (exact) mass is 389 g/mol. The van der Waals surface area contributed by atoms with Crippen molar-refractivity contribution in [3.8, 4) is 17.6 Å². The Hall–Kier alpha value is -2.47. The molecule has 2 aromatic rings. The van der Waals surface area contributed by atoms with Gasteiger partial charge in [-0.15, -0.1) is 0 Å². The van der Waals surface area contributed by atoms with Gasteiger partial charge in [0.2, 0.25) is 0 Å². The number of nitriles is 1. The molecule has 1 N–H and O–H groups in total. The Morgan fingerprint density at radius 2 is 1.83 bits per heavy atom. The molecule has 0 saturated heterocycles. The van der Waals surface area contributed by atoms with Gasteiger partial charge in [0.25, 0.3) is 0 Å².